The van der Waals surface area contributed by atoms with Gasteiger partial charge in [0.25, 0.3) is 11.6 Å². The van der Waals surface area contributed by atoms with Crippen molar-refractivity contribution in [1.29, 1.82) is 0 Å². The van der Waals surface area contributed by atoms with Crippen LogP contribution in [0.3, 0.4) is 0 Å². The number of carbonyl (C=O) groups is 1. The van der Waals surface area contributed by atoms with Gasteiger partial charge in [0.05, 0.1) is 16.6 Å². The summed E-state index contributed by atoms with van der Waals surface area (Å²) in [6, 6.07) is 10.3. The lowest BCUT2D eigenvalue weighted by Gasteiger charge is -2.11. The maximum atomic E-state index is 12.2. The summed E-state index contributed by atoms with van der Waals surface area (Å²) in [5.74, 6) is 0.0525. The first kappa shape index (κ1) is 18.6. The van der Waals surface area contributed by atoms with Crippen LogP contribution in [0.4, 0.5) is 11.4 Å². The Hall–Kier alpha value is -2.71. The molecule has 1 amide bonds. The number of benzene rings is 2. The number of nitrogens with zero attached hydrogens (tertiary/aromatic N) is 1. The second-order valence-electron chi connectivity index (χ2n) is 4.79. The second-order valence-corrected chi connectivity index (χ2v) is 5.61. The zero-order chi connectivity index (χ0) is 18.4. The topological polar surface area (TPSA) is 93.5 Å². The quantitative estimate of drug-likeness (QED) is 0.466. The van der Waals surface area contributed by atoms with Crippen molar-refractivity contribution >= 4 is 46.2 Å². The summed E-state index contributed by atoms with van der Waals surface area (Å²) in [6.07, 6.45) is 0. The summed E-state index contributed by atoms with van der Waals surface area (Å²) >= 11 is 11.1. The van der Waals surface area contributed by atoms with E-state index >= 15 is 0 Å². The molecule has 2 N–H and O–H groups in total. The monoisotopic (exact) mass is 379 g/mol. The van der Waals surface area contributed by atoms with Crippen molar-refractivity contribution in [2.45, 2.75) is 6.92 Å². The predicted molar refractivity (Wildman–Crippen MR) is 99.4 cm³/mol. The van der Waals surface area contributed by atoms with E-state index in [4.69, 9.17) is 28.6 Å². The van der Waals surface area contributed by atoms with Crippen LogP contribution in [0.1, 0.15) is 17.3 Å². The fourth-order valence-corrected chi connectivity index (χ4v) is 2.36. The Morgan fingerprint density at radius 1 is 1.28 bits per heavy atom. The molecule has 0 aliphatic heterocycles. The highest BCUT2D eigenvalue weighted by atomic mass is 35.5. The molecule has 9 heteroatoms. The highest BCUT2D eigenvalue weighted by molar-refractivity contribution is 7.80. The molecule has 0 spiro atoms. The van der Waals surface area contributed by atoms with Crippen LogP contribution in [0.2, 0.25) is 5.02 Å². The number of carbonyl (C=O) groups excluding carboxylic acids is 1. The molecule has 0 aliphatic carbocycles. The molecule has 0 radical (unpaired) electrons. The largest absolute Gasteiger partial charge is 0.492 e. The molecule has 0 aliphatic rings. The molecule has 2 aromatic carbocycles. The van der Waals surface area contributed by atoms with Crippen molar-refractivity contribution in [3.05, 3.63) is 63.2 Å². The van der Waals surface area contributed by atoms with E-state index in [1.165, 1.54) is 30.3 Å². The zero-order valence-electron chi connectivity index (χ0n) is 13.1. The van der Waals surface area contributed by atoms with Crippen LogP contribution in [0.15, 0.2) is 42.5 Å². The molecule has 25 heavy (non-hydrogen) atoms. The van der Waals surface area contributed by atoms with Gasteiger partial charge in [0.2, 0.25) is 0 Å². The Balaban J connectivity index is 1.99. The molecule has 0 atom stereocenters. The minimum atomic E-state index is -0.500. The van der Waals surface area contributed by atoms with Gasteiger partial charge in [0.15, 0.2) is 5.11 Å². The van der Waals surface area contributed by atoms with E-state index in [0.29, 0.717) is 28.6 Å². The maximum Gasteiger partial charge on any atom is 0.269 e. The molecule has 0 unspecified atom stereocenters. The van der Waals surface area contributed by atoms with Crippen LogP contribution in [0.25, 0.3) is 0 Å². The van der Waals surface area contributed by atoms with Gasteiger partial charge in [0.1, 0.15) is 5.75 Å². The van der Waals surface area contributed by atoms with Crippen LogP contribution >= 0.6 is 23.8 Å². The Morgan fingerprint density at radius 2 is 1.96 bits per heavy atom. The van der Waals surface area contributed by atoms with E-state index in [1.807, 2.05) is 6.92 Å². The molecule has 0 bridgehead atoms. The number of amides is 1. The molecule has 0 saturated heterocycles. The lowest BCUT2D eigenvalue weighted by atomic mass is 10.2. The van der Waals surface area contributed by atoms with Crippen LogP contribution < -0.4 is 15.4 Å². The number of nitro groups is 1. The van der Waals surface area contributed by atoms with Gasteiger partial charge in [-0.1, -0.05) is 11.6 Å². The van der Waals surface area contributed by atoms with Crippen molar-refractivity contribution in [2.75, 3.05) is 11.9 Å². The normalized spacial score (nSPS) is 10.0. The molecule has 0 aromatic heterocycles. The fourth-order valence-electron chi connectivity index (χ4n) is 1.92. The minimum Gasteiger partial charge on any atom is -0.492 e. The minimum absolute atomic E-state index is 0.0375. The van der Waals surface area contributed by atoms with Crippen molar-refractivity contribution in [3.63, 3.8) is 0 Å². The van der Waals surface area contributed by atoms with E-state index in [1.54, 1.807) is 12.1 Å². The van der Waals surface area contributed by atoms with E-state index in [9.17, 15) is 14.9 Å². The smallest absolute Gasteiger partial charge is 0.269 e. The Kier molecular flexibility index (Phi) is 6.26. The van der Waals surface area contributed by atoms with Crippen molar-refractivity contribution in [2.24, 2.45) is 0 Å². The van der Waals surface area contributed by atoms with Gasteiger partial charge in [-0.2, -0.15) is 0 Å². The zero-order valence-corrected chi connectivity index (χ0v) is 14.7. The Labute approximate surface area is 154 Å². The van der Waals surface area contributed by atoms with Gasteiger partial charge in [-0.25, -0.2) is 0 Å². The first-order valence-corrected chi connectivity index (χ1v) is 7.98. The standard InChI is InChI=1S/C16H14ClN3O4S/c1-2-24-14-8-3-10(9-13(14)17)15(21)19-16(25)18-11-4-6-12(7-5-11)20(22)23/h3-9H,2H2,1H3,(H2,18,19,21,25). The summed E-state index contributed by atoms with van der Waals surface area (Å²) in [5.41, 5.74) is 0.798. The van der Waals surface area contributed by atoms with Gasteiger partial charge in [-0.15, -0.1) is 0 Å². The van der Waals surface area contributed by atoms with E-state index in [0.717, 1.165) is 0 Å². The average Bonchev–Trinajstić information content (AvgIpc) is 2.57. The van der Waals surface area contributed by atoms with Crippen LogP contribution in [0.5, 0.6) is 5.75 Å². The van der Waals surface area contributed by atoms with Crippen molar-refractivity contribution in [1.82, 2.24) is 5.32 Å². The Morgan fingerprint density at radius 3 is 2.52 bits per heavy atom. The SMILES string of the molecule is CCOc1ccc(C(=O)NC(=S)Nc2ccc([N+](=O)[O-])cc2)cc1Cl. The van der Waals surface area contributed by atoms with Gasteiger partial charge >= 0.3 is 0 Å². The van der Waals surface area contributed by atoms with Crippen LogP contribution in [-0.4, -0.2) is 22.5 Å². The average molecular weight is 380 g/mol. The number of rotatable bonds is 5. The molecule has 2 aromatic rings. The summed E-state index contributed by atoms with van der Waals surface area (Å²) in [6.45, 7) is 2.30. The van der Waals surface area contributed by atoms with E-state index < -0.39 is 10.8 Å². The number of ether oxygens (including phenoxy) is 1. The molecule has 7 nitrogen and oxygen atoms in total. The number of anilines is 1. The van der Waals surface area contributed by atoms with Gasteiger partial charge in [-0.05, 0) is 49.5 Å². The van der Waals surface area contributed by atoms with Gasteiger partial charge in [0, 0.05) is 23.4 Å². The number of nitrogens with one attached hydrogen (secondary N) is 2. The predicted octanol–water partition coefficient (Wildman–Crippen LogP) is 3.77. The van der Waals surface area contributed by atoms with Crippen molar-refractivity contribution in [3.8, 4) is 5.75 Å². The summed E-state index contributed by atoms with van der Waals surface area (Å²) < 4.78 is 5.31. The second kappa shape index (κ2) is 8.41. The third kappa shape index (κ3) is 5.13. The number of hydrogen-bond acceptors (Lipinski definition) is 5. The van der Waals surface area contributed by atoms with Gasteiger partial charge < -0.3 is 10.1 Å². The van der Waals surface area contributed by atoms with E-state index in [-0.39, 0.29) is 10.8 Å². The number of non-ortho nitro benzene ring substituents is 1. The summed E-state index contributed by atoms with van der Waals surface area (Å²) in [4.78, 5) is 22.3. The first-order valence-electron chi connectivity index (χ1n) is 7.20. The summed E-state index contributed by atoms with van der Waals surface area (Å²) in [7, 11) is 0. The number of halogens is 1. The molecular formula is C16H14ClN3O4S. The third-order valence-electron chi connectivity index (χ3n) is 3.06. The third-order valence-corrected chi connectivity index (χ3v) is 3.56. The molecule has 0 fully saturated rings. The number of hydrogen-bond donors (Lipinski definition) is 2. The van der Waals surface area contributed by atoms with Crippen molar-refractivity contribution < 1.29 is 14.5 Å². The Bertz CT molecular complexity index is 812. The van der Waals surface area contributed by atoms with Gasteiger partial charge in [-0.3, -0.25) is 20.2 Å². The number of thiocarbonyl (C=S) groups is 1. The molecule has 0 saturated carbocycles. The molecular weight excluding hydrogens is 366 g/mol. The van der Waals surface area contributed by atoms with Crippen LogP contribution in [-0.2, 0) is 0 Å². The summed E-state index contributed by atoms with van der Waals surface area (Å²) in [5, 5.41) is 16.3. The molecule has 0 heterocycles. The highest BCUT2D eigenvalue weighted by Gasteiger charge is 2.11. The lowest BCUT2D eigenvalue weighted by Crippen LogP contribution is -2.34. The lowest BCUT2D eigenvalue weighted by molar-refractivity contribution is -0.384. The first-order chi connectivity index (χ1) is 11.9. The molecule has 130 valence electrons. The van der Waals surface area contributed by atoms with E-state index in [2.05, 4.69) is 10.6 Å². The molecule has 2 rings (SSSR count). The highest BCUT2D eigenvalue weighted by Crippen LogP contribution is 2.25. The fraction of sp³-hybridized carbons (Fsp3) is 0.125. The number of nitro benzene ring substituents is 1. The van der Waals surface area contributed by atoms with Crippen LogP contribution in [0, 0.1) is 10.1 Å². The maximum absolute atomic E-state index is 12.2.